The van der Waals surface area contributed by atoms with E-state index >= 15 is 0 Å². The van der Waals surface area contributed by atoms with Crippen LogP contribution in [0.25, 0.3) is 11.5 Å². The monoisotopic (exact) mass is 494 g/mol. The lowest BCUT2D eigenvalue weighted by molar-refractivity contribution is 0.0505. The van der Waals surface area contributed by atoms with E-state index in [-0.39, 0.29) is 0 Å². The maximum atomic E-state index is 6.05. The van der Waals surface area contributed by atoms with E-state index in [0.717, 1.165) is 61.4 Å². The molecule has 0 unspecified atom stereocenters. The molecule has 2 aromatic heterocycles. The summed E-state index contributed by atoms with van der Waals surface area (Å²) in [5.74, 6) is 1.63. The van der Waals surface area contributed by atoms with E-state index in [1.807, 2.05) is 19.1 Å². The van der Waals surface area contributed by atoms with Crippen LogP contribution in [0.4, 0.5) is 5.82 Å². The van der Waals surface area contributed by atoms with Gasteiger partial charge in [0.05, 0.1) is 11.9 Å². The molecule has 1 N–H and O–H groups in total. The molecule has 4 heterocycles. The SMILES string of the molecule is CC[C@H]1CN(c2ncc(-c3ncn[nH]3)nc2C)[C@H](C)CN1C1CCN(Cc2ccc(Cl)cc2)CC1. The molecule has 3 aromatic rings. The van der Waals surface area contributed by atoms with Crippen LogP contribution in [0.5, 0.6) is 0 Å². The molecule has 0 saturated carbocycles. The van der Waals surface area contributed by atoms with Crippen LogP contribution in [-0.2, 0) is 6.54 Å². The number of H-pyrrole nitrogens is 1. The van der Waals surface area contributed by atoms with Gasteiger partial charge >= 0.3 is 0 Å². The smallest absolute Gasteiger partial charge is 0.175 e. The summed E-state index contributed by atoms with van der Waals surface area (Å²) in [4.78, 5) is 21.6. The molecule has 2 fully saturated rings. The van der Waals surface area contributed by atoms with Crippen molar-refractivity contribution in [1.29, 1.82) is 0 Å². The van der Waals surface area contributed by atoms with Gasteiger partial charge in [0.25, 0.3) is 0 Å². The molecule has 0 amide bonds. The highest BCUT2D eigenvalue weighted by Crippen LogP contribution is 2.30. The molecule has 2 saturated heterocycles. The molecule has 2 atom stereocenters. The van der Waals surface area contributed by atoms with Gasteiger partial charge in [0.1, 0.15) is 17.8 Å². The second-order valence-corrected chi connectivity index (χ2v) is 10.3. The number of halogens is 1. The van der Waals surface area contributed by atoms with Crippen molar-refractivity contribution >= 4 is 17.4 Å². The number of benzene rings is 1. The van der Waals surface area contributed by atoms with Gasteiger partial charge in [0.2, 0.25) is 0 Å². The third kappa shape index (κ3) is 5.34. The molecule has 8 nitrogen and oxygen atoms in total. The lowest BCUT2D eigenvalue weighted by Gasteiger charge is -2.50. The lowest BCUT2D eigenvalue weighted by atomic mass is 9.96. The van der Waals surface area contributed by atoms with Crippen LogP contribution in [0.3, 0.4) is 0 Å². The van der Waals surface area contributed by atoms with Gasteiger partial charge in [-0.2, -0.15) is 5.10 Å². The van der Waals surface area contributed by atoms with Gasteiger partial charge in [0.15, 0.2) is 5.82 Å². The van der Waals surface area contributed by atoms with Crippen LogP contribution in [-0.4, -0.2) is 79.3 Å². The molecule has 0 bridgehead atoms. The fourth-order valence-electron chi connectivity index (χ4n) is 5.63. The average molecular weight is 495 g/mol. The average Bonchev–Trinajstić information content (AvgIpc) is 3.41. The molecule has 0 spiro atoms. The van der Waals surface area contributed by atoms with Crippen molar-refractivity contribution in [2.45, 2.75) is 64.7 Å². The summed E-state index contributed by atoms with van der Waals surface area (Å²) in [6.45, 7) is 12.0. The third-order valence-electron chi connectivity index (χ3n) is 7.55. The van der Waals surface area contributed by atoms with Gasteiger partial charge in [-0.1, -0.05) is 30.7 Å². The first-order chi connectivity index (χ1) is 17.0. The molecule has 5 rings (SSSR count). The first-order valence-corrected chi connectivity index (χ1v) is 13.1. The second-order valence-electron chi connectivity index (χ2n) is 9.89. The summed E-state index contributed by atoms with van der Waals surface area (Å²) >= 11 is 6.05. The highest BCUT2D eigenvalue weighted by molar-refractivity contribution is 6.30. The van der Waals surface area contributed by atoms with E-state index in [9.17, 15) is 0 Å². The number of rotatable bonds is 6. The minimum atomic E-state index is 0.383. The molecule has 186 valence electrons. The molecule has 0 radical (unpaired) electrons. The van der Waals surface area contributed by atoms with E-state index in [1.54, 1.807) is 6.20 Å². The van der Waals surface area contributed by atoms with E-state index < -0.39 is 0 Å². The number of piperazine rings is 1. The van der Waals surface area contributed by atoms with E-state index in [0.29, 0.717) is 23.9 Å². The second kappa shape index (κ2) is 10.6. The standard InChI is InChI=1S/C26H35ClN8/c1-4-22-16-34(26-19(3)31-24(13-28-26)25-29-17-30-32-25)18(2)14-35(22)23-9-11-33(12-10-23)15-20-5-7-21(27)8-6-20/h5-8,13,17-18,22-23H,4,9-12,14-16H2,1-3H3,(H,29,30,32)/t18-,22+/m1/s1. The summed E-state index contributed by atoms with van der Waals surface area (Å²) in [5, 5.41) is 7.60. The van der Waals surface area contributed by atoms with E-state index in [2.05, 4.69) is 55.9 Å². The van der Waals surface area contributed by atoms with Gasteiger partial charge in [-0.3, -0.25) is 14.9 Å². The fourth-order valence-corrected chi connectivity index (χ4v) is 5.75. The van der Waals surface area contributed by atoms with Crippen molar-refractivity contribution in [3.05, 3.63) is 53.1 Å². The molecular formula is C26H35ClN8. The van der Waals surface area contributed by atoms with Crippen molar-refractivity contribution in [1.82, 2.24) is 34.9 Å². The summed E-state index contributed by atoms with van der Waals surface area (Å²) in [7, 11) is 0. The summed E-state index contributed by atoms with van der Waals surface area (Å²) in [6.07, 6.45) is 6.88. The number of anilines is 1. The normalized spacial score (nSPS) is 22.6. The van der Waals surface area contributed by atoms with Crippen molar-refractivity contribution in [3.63, 3.8) is 0 Å². The number of nitrogens with zero attached hydrogens (tertiary/aromatic N) is 7. The minimum Gasteiger partial charge on any atom is -0.350 e. The first-order valence-electron chi connectivity index (χ1n) is 12.7. The highest BCUT2D eigenvalue weighted by Gasteiger charge is 2.37. The number of hydrogen-bond donors (Lipinski definition) is 1. The molecule has 1 aromatic carbocycles. The third-order valence-corrected chi connectivity index (χ3v) is 7.80. The molecule has 9 heteroatoms. The Bertz CT molecular complexity index is 1100. The molecule has 2 aliphatic heterocycles. The maximum Gasteiger partial charge on any atom is 0.175 e. The molecular weight excluding hydrogens is 460 g/mol. The Labute approximate surface area is 212 Å². The van der Waals surface area contributed by atoms with Gasteiger partial charge in [-0.15, -0.1) is 0 Å². The number of hydrogen-bond acceptors (Lipinski definition) is 7. The number of piperidine rings is 1. The Morgan fingerprint density at radius 1 is 1.09 bits per heavy atom. The maximum absolute atomic E-state index is 6.05. The highest BCUT2D eigenvalue weighted by atomic mass is 35.5. The Balaban J connectivity index is 1.22. The van der Waals surface area contributed by atoms with Crippen LogP contribution >= 0.6 is 11.6 Å². The lowest BCUT2D eigenvalue weighted by Crippen LogP contribution is -2.61. The predicted molar refractivity (Wildman–Crippen MR) is 139 cm³/mol. The quantitative estimate of drug-likeness (QED) is 0.550. The number of aromatic amines is 1. The number of aromatic nitrogens is 5. The number of likely N-dealkylation sites (tertiary alicyclic amines) is 1. The molecule has 2 aliphatic rings. The summed E-state index contributed by atoms with van der Waals surface area (Å²) < 4.78 is 0. The van der Waals surface area contributed by atoms with Gasteiger partial charge in [0, 0.05) is 42.8 Å². The largest absolute Gasteiger partial charge is 0.350 e. The Morgan fingerprint density at radius 2 is 1.86 bits per heavy atom. The van der Waals surface area contributed by atoms with Gasteiger partial charge in [-0.25, -0.2) is 15.0 Å². The topological polar surface area (TPSA) is 77.1 Å². The number of aryl methyl sites for hydroxylation is 1. The molecule has 35 heavy (non-hydrogen) atoms. The van der Waals surface area contributed by atoms with Crippen LogP contribution < -0.4 is 4.90 Å². The van der Waals surface area contributed by atoms with Crippen LogP contribution in [0.15, 0.2) is 36.8 Å². The van der Waals surface area contributed by atoms with E-state index in [4.69, 9.17) is 21.6 Å². The number of nitrogens with one attached hydrogen (secondary N) is 1. The summed E-state index contributed by atoms with van der Waals surface area (Å²) in [6, 6.07) is 9.82. The van der Waals surface area contributed by atoms with Crippen molar-refractivity contribution in [3.8, 4) is 11.5 Å². The molecule has 0 aliphatic carbocycles. The fraction of sp³-hybridized carbons (Fsp3) is 0.538. The zero-order valence-corrected chi connectivity index (χ0v) is 21.6. The summed E-state index contributed by atoms with van der Waals surface area (Å²) in [5.41, 5.74) is 3.00. The Kier molecular flexibility index (Phi) is 7.32. The van der Waals surface area contributed by atoms with Gasteiger partial charge < -0.3 is 4.90 Å². The first kappa shape index (κ1) is 24.2. The minimum absolute atomic E-state index is 0.383. The predicted octanol–water partition coefficient (Wildman–Crippen LogP) is 4.18. The van der Waals surface area contributed by atoms with Gasteiger partial charge in [-0.05, 0) is 63.9 Å². The van der Waals surface area contributed by atoms with E-state index in [1.165, 1.54) is 24.7 Å². The Morgan fingerprint density at radius 3 is 2.51 bits per heavy atom. The zero-order valence-electron chi connectivity index (χ0n) is 20.9. The van der Waals surface area contributed by atoms with Crippen molar-refractivity contribution in [2.24, 2.45) is 0 Å². The zero-order chi connectivity index (χ0) is 24.4. The van der Waals surface area contributed by atoms with Crippen LogP contribution in [0.2, 0.25) is 5.02 Å². The van der Waals surface area contributed by atoms with Crippen molar-refractivity contribution < 1.29 is 0 Å². The van der Waals surface area contributed by atoms with Crippen LogP contribution in [0.1, 0.15) is 44.4 Å². The Hall–Kier alpha value is -2.55. The van der Waals surface area contributed by atoms with Crippen molar-refractivity contribution in [2.75, 3.05) is 31.1 Å². The van der Waals surface area contributed by atoms with Crippen LogP contribution in [0, 0.1) is 6.92 Å².